The minimum absolute atomic E-state index is 0.00710. The van der Waals surface area contributed by atoms with Crippen LogP contribution < -0.4 is 20.8 Å². The molecule has 4 rings (SSSR count). The largest absolute Gasteiger partial charge is 0.492 e. The summed E-state index contributed by atoms with van der Waals surface area (Å²) in [5.41, 5.74) is 6.20. The predicted molar refractivity (Wildman–Crippen MR) is 113 cm³/mol. The number of carboxylic acids is 1. The first-order valence-corrected chi connectivity index (χ1v) is 10.2. The van der Waals surface area contributed by atoms with Gasteiger partial charge in [-0.2, -0.15) is 0 Å². The zero-order chi connectivity index (χ0) is 21.6. The number of nitrogens with zero attached hydrogens (tertiary/aromatic N) is 2. The molecule has 1 saturated carbocycles. The van der Waals surface area contributed by atoms with Crippen molar-refractivity contribution in [3.8, 4) is 5.75 Å². The lowest BCUT2D eigenvalue weighted by Gasteiger charge is -2.33. The number of carboxylic acid groups (broad SMARTS) is 1. The maximum atomic E-state index is 15.3. The van der Waals surface area contributed by atoms with E-state index in [2.05, 4.69) is 0 Å². The van der Waals surface area contributed by atoms with Crippen LogP contribution in [0.3, 0.4) is 0 Å². The number of carbonyl (C=O) groups is 1. The maximum Gasteiger partial charge on any atom is 0.341 e. The molecule has 0 bridgehead atoms. The molecule has 0 unspecified atom stereocenters. The van der Waals surface area contributed by atoms with Crippen LogP contribution in [-0.4, -0.2) is 42.4 Å². The molecule has 1 aromatic heterocycles. The number of hydrogen-bond donors (Lipinski definition) is 2. The van der Waals surface area contributed by atoms with Crippen LogP contribution in [0.5, 0.6) is 5.75 Å². The molecule has 2 aliphatic rings. The van der Waals surface area contributed by atoms with E-state index in [1.165, 1.54) is 13.3 Å². The van der Waals surface area contributed by atoms with Gasteiger partial charge in [0, 0.05) is 36.9 Å². The van der Waals surface area contributed by atoms with Crippen molar-refractivity contribution in [3.63, 3.8) is 0 Å². The van der Waals surface area contributed by atoms with Crippen LogP contribution in [0.2, 0.25) is 0 Å². The molecule has 30 heavy (non-hydrogen) atoms. The summed E-state index contributed by atoms with van der Waals surface area (Å²) in [6, 6.07) is 1.19. The number of aromatic carboxylic acids is 1. The first-order valence-electron chi connectivity index (χ1n) is 9.87. The highest BCUT2D eigenvalue weighted by Crippen LogP contribution is 2.44. The van der Waals surface area contributed by atoms with Crippen LogP contribution in [0.1, 0.15) is 42.1 Å². The van der Waals surface area contributed by atoms with Crippen LogP contribution in [-0.2, 0) is 0 Å². The number of methoxy groups -OCH3 is 1. The van der Waals surface area contributed by atoms with Crippen LogP contribution in [0.4, 0.5) is 10.1 Å². The number of fused-ring (bicyclic) bond motifs is 1. The fourth-order valence-corrected chi connectivity index (χ4v) is 4.31. The van der Waals surface area contributed by atoms with Crippen LogP contribution in [0, 0.1) is 5.82 Å². The van der Waals surface area contributed by atoms with Crippen molar-refractivity contribution in [2.24, 2.45) is 5.73 Å². The van der Waals surface area contributed by atoms with Gasteiger partial charge in [0.25, 0.3) is 0 Å². The van der Waals surface area contributed by atoms with Gasteiger partial charge in [0.2, 0.25) is 5.43 Å². The highest BCUT2D eigenvalue weighted by molar-refractivity contribution is 6.30. The fraction of sp³-hybridized carbons (Fsp3) is 0.429. The summed E-state index contributed by atoms with van der Waals surface area (Å²) in [5, 5.41) is 10.0. The van der Waals surface area contributed by atoms with E-state index in [0.717, 1.165) is 37.3 Å². The number of anilines is 1. The molecule has 0 spiro atoms. The SMILES string of the molecule is COc1c(N2CCCC(=C(Cl)CN)C2)c(F)cc2c(=O)c(C(=O)O)cn(C3CC3)c12. The summed E-state index contributed by atoms with van der Waals surface area (Å²) < 4.78 is 22.7. The second kappa shape index (κ2) is 7.92. The van der Waals surface area contributed by atoms with E-state index in [0.29, 0.717) is 23.6 Å². The predicted octanol–water partition coefficient (Wildman–Crippen LogP) is 3.23. The minimum atomic E-state index is -1.33. The molecule has 9 heteroatoms. The Hall–Kier alpha value is -2.58. The number of hydrogen-bond acceptors (Lipinski definition) is 5. The van der Waals surface area contributed by atoms with Gasteiger partial charge in [0.05, 0.1) is 18.0 Å². The summed E-state index contributed by atoms with van der Waals surface area (Å²) in [6.07, 6.45) is 4.63. The standard InChI is InChI=1S/C21H23ClFN3O4/c1-30-20-17-13(19(27)14(21(28)29)10-26(17)12-4-5-12)7-16(23)18(20)25-6-2-3-11(9-25)15(22)8-24/h7,10,12H,2-6,8-9,24H2,1H3,(H,28,29). The van der Waals surface area contributed by atoms with E-state index in [4.69, 9.17) is 22.1 Å². The highest BCUT2D eigenvalue weighted by Gasteiger charge is 2.32. The zero-order valence-electron chi connectivity index (χ0n) is 16.6. The van der Waals surface area contributed by atoms with Crippen LogP contribution in [0.25, 0.3) is 10.9 Å². The van der Waals surface area contributed by atoms with Gasteiger partial charge in [-0.3, -0.25) is 4.79 Å². The van der Waals surface area contributed by atoms with E-state index in [1.54, 1.807) is 4.57 Å². The Morgan fingerprint density at radius 1 is 1.43 bits per heavy atom. The number of aromatic nitrogens is 1. The third kappa shape index (κ3) is 3.44. The molecule has 2 heterocycles. The molecule has 1 aliphatic heterocycles. The molecular weight excluding hydrogens is 413 g/mol. The Morgan fingerprint density at radius 2 is 2.17 bits per heavy atom. The molecule has 7 nitrogen and oxygen atoms in total. The molecule has 1 aliphatic carbocycles. The molecule has 160 valence electrons. The summed E-state index contributed by atoms with van der Waals surface area (Å²) in [7, 11) is 1.43. The molecule has 0 radical (unpaired) electrons. The van der Waals surface area contributed by atoms with Gasteiger partial charge in [0.1, 0.15) is 11.3 Å². The normalized spacial score (nSPS) is 18.6. The second-order valence-electron chi connectivity index (χ2n) is 7.69. The molecular formula is C21H23ClFN3O4. The molecule has 1 aromatic carbocycles. The Morgan fingerprint density at radius 3 is 2.77 bits per heavy atom. The number of pyridine rings is 1. The van der Waals surface area contributed by atoms with Gasteiger partial charge < -0.3 is 25.0 Å². The number of piperidine rings is 1. The van der Waals surface area contributed by atoms with Gasteiger partial charge in [-0.25, -0.2) is 9.18 Å². The molecule has 2 fully saturated rings. The molecule has 0 amide bonds. The van der Waals surface area contributed by atoms with Gasteiger partial charge >= 0.3 is 5.97 Å². The van der Waals surface area contributed by atoms with Gasteiger partial charge in [-0.05, 0) is 37.3 Å². The van der Waals surface area contributed by atoms with E-state index in [1.807, 2.05) is 4.90 Å². The van der Waals surface area contributed by atoms with Gasteiger partial charge in [-0.15, -0.1) is 0 Å². The Balaban J connectivity index is 1.97. The number of nitrogens with two attached hydrogens (primary N) is 1. The lowest BCUT2D eigenvalue weighted by molar-refractivity contribution is 0.0695. The summed E-state index contributed by atoms with van der Waals surface area (Å²) >= 11 is 6.25. The molecule has 2 aromatic rings. The van der Waals surface area contributed by atoms with Gasteiger partial charge in [0.15, 0.2) is 11.6 Å². The summed E-state index contributed by atoms with van der Waals surface area (Å²) in [6.45, 7) is 1.23. The zero-order valence-corrected chi connectivity index (χ0v) is 17.3. The molecule has 1 saturated heterocycles. The number of benzene rings is 1. The van der Waals surface area contributed by atoms with E-state index in [9.17, 15) is 14.7 Å². The lowest BCUT2D eigenvalue weighted by atomic mass is 10.0. The van der Waals surface area contributed by atoms with Crippen LogP contribution in [0.15, 0.2) is 27.7 Å². The maximum absolute atomic E-state index is 15.3. The average molecular weight is 436 g/mol. The Bertz CT molecular complexity index is 1120. The highest BCUT2D eigenvalue weighted by atomic mass is 35.5. The fourth-order valence-electron chi connectivity index (χ4n) is 4.15. The van der Waals surface area contributed by atoms with Crippen molar-refractivity contribution in [2.45, 2.75) is 31.7 Å². The van der Waals surface area contributed by atoms with Crippen molar-refractivity contribution < 1.29 is 19.0 Å². The van der Waals surface area contributed by atoms with Crippen molar-refractivity contribution in [3.05, 3.63) is 44.5 Å². The summed E-state index contributed by atoms with van der Waals surface area (Å²) in [5.74, 6) is -1.73. The first-order chi connectivity index (χ1) is 14.4. The second-order valence-corrected chi connectivity index (χ2v) is 8.15. The topological polar surface area (TPSA) is 97.8 Å². The van der Waals surface area contributed by atoms with E-state index in [-0.39, 0.29) is 35.0 Å². The Kier molecular flexibility index (Phi) is 5.46. The molecule has 0 atom stereocenters. The number of rotatable bonds is 5. The van der Waals surface area contributed by atoms with Crippen molar-refractivity contribution in [1.82, 2.24) is 4.57 Å². The smallest absolute Gasteiger partial charge is 0.341 e. The third-order valence-electron chi connectivity index (χ3n) is 5.74. The van der Waals surface area contributed by atoms with E-state index < -0.39 is 17.2 Å². The third-order valence-corrected chi connectivity index (χ3v) is 6.16. The van der Waals surface area contributed by atoms with Crippen molar-refractivity contribution in [1.29, 1.82) is 0 Å². The Labute approximate surface area is 177 Å². The molecule has 3 N–H and O–H groups in total. The quantitative estimate of drug-likeness (QED) is 0.748. The average Bonchev–Trinajstić information content (AvgIpc) is 3.58. The minimum Gasteiger partial charge on any atom is -0.492 e. The van der Waals surface area contributed by atoms with Gasteiger partial charge in [-0.1, -0.05) is 11.6 Å². The number of ether oxygens (including phenoxy) is 1. The number of halogens is 2. The monoisotopic (exact) mass is 435 g/mol. The van der Waals surface area contributed by atoms with Crippen molar-refractivity contribution >= 4 is 34.2 Å². The van der Waals surface area contributed by atoms with E-state index >= 15 is 4.39 Å². The van der Waals surface area contributed by atoms with Crippen molar-refractivity contribution in [2.75, 3.05) is 31.6 Å². The summed E-state index contributed by atoms with van der Waals surface area (Å²) in [4.78, 5) is 26.2. The lowest BCUT2D eigenvalue weighted by Crippen LogP contribution is -2.33. The first kappa shape index (κ1) is 20.7. The van der Waals surface area contributed by atoms with Crippen LogP contribution >= 0.6 is 11.6 Å².